The van der Waals surface area contributed by atoms with E-state index in [1.807, 2.05) is 0 Å². The van der Waals surface area contributed by atoms with Crippen LogP contribution in [-0.2, 0) is 17.5 Å². The first-order valence-electron chi connectivity index (χ1n) is 10.3. The highest BCUT2D eigenvalue weighted by molar-refractivity contribution is 7.16. The molecule has 11 heteroatoms. The van der Waals surface area contributed by atoms with Crippen molar-refractivity contribution in [3.8, 4) is 33.3 Å². The van der Waals surface area contributed by atoms with Crippen molar-refractivity contribution >= 4 is 39.8 Å². The summed E-state index contributed by atoms with van der Waals surface area (Å²) >= 11 is 6.97. The van der Waals surface area contributed by atoms with Crippen molar-refractivity contribution in [2.24, 2.45) is 0 Å². The Hall–Kier alpha value is -3.63. The van der Waals surface area contributed by atoms with Crippen molar-refractivity contribution in [1.82, 2.24) is 14.7 Å². The lowest BCUT2D eigenvalue weighted by molar-refractivity contribution is -0.137. The van der Waals surface area contributed by atoms with Crippen LogP contribution in [0.5, 0.6) is 0 Å². The summed E-state index contributed by atoms with van der Waals surface area (Å²) in [6, 6.07) is 14.9. The Bertz CT molecular complexity index is 1540. The molecule has 0 saturated carbocycles. The van der Waals surface area contributed by atoms with Gasteiger partial charge >= 0.3 is 12.1 Å². The quantitative estimate of drug-likeness (QED) is 0.257. The monoisotopic (exact) mass is 517 g/mol. The fourth-order valence-electron chi connectivity index (χ4n) is 3.86. The van der Waals surface area contributed by atoms with Gasteiger partial charge in [-0.3, -0.25) is 4.79 Å². The molecule has 0 fully saturated rings. The molecule has 0 aliphatic heterocycles. The van der Waals surface area contributed by atoms with E-state index in [0.717, 1.165) is 0 Å². The van der Waals surface area contributed by atoms with Gasteiger partial charge in [0.15, 0.2) is 0 Å². The molecule has 0 radical (unpaired) electrons. The average molecular weight is 518 g/mol. The van der Waals surface area contributed by atoms with Crippen LogP contribution in [0.2, 0.25) is 5.02 Å². The van der Waals surface area contributed by atoms with E-state index in [1.54, 1.807) is 59.3 Å². The van der Waals surface area contributed by atoms with E-state index in [2.05, 4.69) is 10.1 Å². The lowest BCUT2D eigenvalue weighted by Gasteiger charge is -2.07. The highest BCUT2D eigenvalue weighted by Gasteiger charge is 2.37. The predicted molar refractivity (Wildman–Crippen MR) is 126 cm³/mol. The third kappa shape index (κ3) is 4.42. The summed E-state index contributed by atoms with van der Waals surface area (Å²) in [7, 11) is 0. The van der Waals surface area contributed by atoms with Crippen LogP contribution in [0, 0.1) is 0 Å². The number of aromatic nitrogens is 3. The van der Waals surface area contributed by atoms with E-state index in [4.69, 9.17) is 21.2 Å². The Kier molecular flexibility index (Phi) is 5.86. The average Bonchev–Trinajstić information content (AvgIpc) is 3.55. The molecule has 0 aliphatic rings. The van der Waals surface area contributed by atoms with Gasteiger partial charge in [0.1, 0.15) is 4.88 Å². The third-order valence-electron chi connectivity index (χ3n) is 5.38. The molecule has 5 rings (SSSR count). The summed E-state index contributed by atoms with van der Waals surface area (Å²) < 4.78 is 48.3. The molecular formula is C24H15ClF3N3O3S. The Balaban J connectivity index is 1.56. The Morgan fingerprint density at radius 1 is 1.11 bits per heavy atom. The number of alkyl halides is 3. The number of hydrogen-bond donors (Lipinski definition) is 1. The number of carboxylic acids is 1. The Morgan fingerprint density at radius 3 is 2.60 bits per heavy atom. The molecule has 0 saturated heterocycles. The fourth-order valence-corrected chi connectivity index (χ4v) is 5.15. The summed E-state index contributed by atoms with van der Waals surface area (Å²) in [5.74, 6) is -0.825. The van der Waals surface area contributed by atoms with Crippen LogP contribution in [0.3, 0.4) is 0 Å². The van der Waals surface area contributed by atoms with E-state index < -0.39 is 17.0 Å². The van der Waals surface area contributed by atoms with Crippen molar-refractivity contribution < 1.29 is 27.6 Å². The molecule has 0 atom stereocenters. The molecular weight excluding hydrogens is 503 g/mol. The minimum absolute atomic E-state index is 0.0403. The number of benzene rings is 2. The molecule has 0 bridgehead atoms. The molecule has 35 heavy (non-hydrogen) atoms. The highest BCUT2D eigenvalue weighted by Crippen LogP contribution is 2.46. The van der Waals surface area contributed by atoms with Crippen LogP contribution in [0.4, 0.5) is 13.2 Å². The van der Waals surface area contributed by atoms with Gasteiger partial charge in [-0.1, -0.05) is 59.2 Å². The fraction of sp³-hybridized carbons (Fsp3) is 0.125. The smallest absolute Gasteiger partial charge is 0.426 e. The molecule has 3 heterocycles. The largest absolute Gasteiger partial charge is 0.481 e. The van der Waals surface area contributed by atoms with Gasteiger partial charge in [-0.15, -0.1) is 11.3 Å². The number of aryl methyl sites for hydroxylation is 1. The Labute approximate surface area is 205 Å². The van der Waals surface area contributed by atoms with E-state index in [-0.39, 0.29) is 35.1 Å². The van der Waals surface area contributed by atoms with Crippen LogP contribution in [0.1, 0.15) is 11.3 Å². The molecule has 6 nitrogen and oxygen atoms in total. The van der Waals surface area contributed by atoms with E-state index in [0.29, 0.717) is 38.4 Å². The SMILES string of the molecule is O=C(O)CCn1cc(Cl)c2c(-c3noc(-c4cc(-c5ccccc5)c(C(F)(F)F)s4)n3)cccc21. The van der Waals surface area contributed by atoms with Crippen LogP contribution in [0.25, 0.3) is 44.2 Å². The standard InChI is InChI=1S/C24H15ClF3N3O3S/c25-16-12-31(10-9-19(32)33)17-8-4-7-14(20(16)17)22-29-23(34-30-22)18-11-15(13-5-2-1-3-6-13)21(35-18)24(26,27)28/h1-8,11-12H,9-10H2,(H,32,33). The zero-order chi connectivity index (χ0) is 24.7. The first-order valence-corrected chi connectivity index (χ1v) is 11.5. The summed E-state index contributed by atoms with van der Waals surface area (Å²) in [6.07, 6.45) is -3.00. The van der Waals surface area contributed by atoms with Gasteiger partial charge in [0.25, 0.3) is 5.89 Å². The molecule has 5 aromatic rings. The summed E-state index contributed by atoms with van der Waals surface area (Å²) in [5.41, 5.74) is 1.68. The number of rotatable bonds is 6. The van der Waals surface area contributed by atoms with Crippen molar-refractivity contribution in [2.75, 3.05) is 0 Å². The van der Waals surface area contributed by atoms with Gasteiger partial charge in [0.2, 0.25) is 5.82 Å². The van der Waals surface area contributed by atoms with Crippen molar-refractivity contribution in [3.05, 3.63) is 70.7 Å². The van der Waals surface area contributed by atoms with Crippen LogP contribution < -0.4 is 0 Å². The first-order chi connectivity index (χ1) is 16.7. The zero-order valence-corrected chi connectivity index (χ0v) is 19.3. The van der Waals surface area contributed by atoms with Crippen LogP contribution in [-0.4, -0.2) is 25.8 Å². The number of carbonyl (C=O) groups is 1. The molecule has 2 aromatic carbocycles. The topological polar surface area (TPSA) is 81.1 Å². The maximum atomic E-state index is 13.8. The Morgan fingerprint density at radius 2 is 1.89 bits per heavy atom. The molecule has 178 valence electrons. The predicted octanol–water partition coefficient (Wildman–Crippen LogP) is 7.23. The van der Waals surface area contributed by atoms with Crippen molar-refractivity contribution in [2.45, 2.75) is 19.1 Å². The van der Waals surface area contributed by atoms with Gasteiger partial charge < -0.3 is 14.2 Å². The number of nitrogens with zero attached hydrogens (tertiary/aromatic N) is 3. The van der Waals surface area contributed by atoms with E-state index in [1.165, 1.54) is 6.07 Å². The highest BCUT2D eigenvalue weighted by atomic mass is 35.5. The van der Waals surface area contributed by atoms with Gasteiger partial charge in [-0.2, -0.15) is 18.2 Å². The second-order valence-electron chi connectivity index (χ2n) is 7.65. The number of hydrogen-bond acceptors (Lipinski definition) is 5. The molecule has 3 aromatic heterocycles. The zero-order valence-electron chi connectivity index (χ0n) is 17.7. The normalized spacial score (nSPS) is 11.9. The van der Waals surface area contributed by atoms with Gasteiger partial charge in [0, 0.05) is 29.3 Å². The maximum Gasteiger partial charge on any atom is 0.426 e. The first kappa shape index (κ1) is 23.1. The van der Waals surface area contributed by atoms with Crippen molar-refractivity contribution in [3.63, 3.8) is 0 Å². The van der Waals surface area contributed by atoms with Crippen LogP contribution >= 0.6 is 22.9 Å². The minimum atomic E-state index is -4.55. The molecule has 1 N–H and O–H groups in total. The molecule has 0 amide bonds. The van der Waals surface area contributed by atoms with E-state index >= 15 is 0 Å². The maximum absolute atomic E-state index is 13.8. The lowest BCUT2D eigenvalue weighted by atomic mass is 10.1. The summed E-state index contributed by atoms with van der Waals surface area (Å²) in [6.45, 7) is 0.219. The van der Waals surface area contributed by atoms with Gasteiger partial charge in [-0.05, 0) is 17.7 Å². The van der Waals surface area contributed by atoms with Crippen molar-refractivity contribution in [1.29, 1.82) is 0 Å². The number of fused-ring (bicyclic) bond motifs is 1. The third-order valence-corrected chi connectivity index (χ3v) is 6.83. The van der Waals surface area contributed by atoms with E-state index in [9.17, 15) is 18.0 Å². The second-order valence-corrected chi connectivity index (χ2v) is 9.11. The van der Waals surface area contributed by atoms with Crippen LogP contribution in [0.15, 0.2) is 65.3 Å². The molecule has 0 spiro atoms. The number of halogens is 4. The number of carboxylic acid groups (broad SMARTS) is 1. The molecule has 0 unspecified atom stereocenters. The summed E-state index contributed by atoms with van der Waals surface area (Å²) in [4.78, 5) is 14.8. The molecule has 0 aliphatic carbocycles. The summed E-state index contributed by atoms with van der Waals surface area (Å²) in [5, 5.41) is 13.9. The second kappa shape index (κ2) is 8.86. The number of thiophene rings is 1. The van der Waals surface area contributed by atoms with Gasteiger partial charge in [-0.25, -0.2) is 0 Å². The number of aliphatic carboxylic acids is 1. The lowest BCUT2D eigenvalue weighted by Crippen LogP contribution is -2.03. The minimum Gasteiger partial charge on any atom is -0.481 e. The van der Waals surface area contributed by atoms with Gasteiger partial charge in [0.05, 0.1) is 21.8 Å².